The number of rotatable bonds is 0. The van der Waals surface area contributed by atoms with Gasteiger partial charge in [-0.25, -0.2) is 4.39 Å². The quantitative estimate of drug-likeness (QED) is 0.571. The van der Waals surface area contributed by atoms with Crippen LogP contribution in [-0.2, 0) is 0 Å². The first-order chi connectivity index (χ1) is 5.97. The lowest BCUT2D eigenvalue weighted by Crippen LogP contribution is -1.98. The van der Waals surface area contributed by atoms with Gasteiger partial charge in [-0.1, -0.05) is 24.3 Å². The molecule has 2 heteroatoms. The second-order valence-corrected chi connectivity index (χ2v) is 2.25. The summed E-state index contributed by atoms with van der Waals surface area (Å²) in [6.07, 6.45) is 4.10. The molecule has 1 aromatic rings. The van der Waals surface area contributed by atoms with E-state index in [9.17, 15) is 0 Å². The van der Waals surface area contributed by atoms with Crippen molar-refractivity contribution in [1.29, 1.82) is 0 Å². The Hall–Kier alpha value is -1.31. The molecule has 1 nitrogen and oxygen atoms in total. The van der Waals surface area contributed by atoms with Gasteiger partial charge < -0.3 is 4.74 Å². The van der Waals surface area contributed by atoms with Crippen molar-refractivity contribution in [2.45, 2.75) is 0 Å². The van der Waals surface area contributed by atoms with E-state index >= 15 is 0 Å². The number of hydrogen-bond acceptors (Lipinski definition) is 1. The molecule has 2 rings (SSSR count). The average Bonchev–Trinajstić information content (AvgIpc) is 2.21. The summed E-state index contributed by atoms with van der Waals surface area (Å²) in [7, 11) is 4.25. The van der Waals surface area contributed by atoms with Gasteiger partial charge in [0.2, 0.25) is 7.18 Å². The fraction of sp³-hybridized carbons (Fsp3) is 0.100. The van der Waals surface area contributed by atoms with Gasteiger partial charge in [0.1, 0.15) is 12.4 Å². The number of para-hydroxylation sites is 1. The maximum absolute atomic E-state index is 8.75. The molecular formula is C10H8FO. The van der Waals surface area contributed by atoms with Crippen LogP contribution >= 0.6 is 0 Å². The van der Waals surface area contributed by atoms with Crippen LogP contribution in [0.25, 0.3) is 6.08 Å². The maximum atomic E-state index is 8.75. The molecule has 1 aliphatic rings. The zero-order valence-electron chi connectivity index (χ0n) is 6.46. The number of hydrogen-bond donors (Lipinski definition) is 0. The lowest BCUT2D eigenvalue weighted by atomic mass is 10.1. The Kier molecular flexibility index (Phi) is 3.33. The van der Waals surface area contributed by atoms with Crippen LogP contribution in [0.4, 0.5) is 4.39 Å². The summed E-state index contributed by atoms with van der Waals surface area (Å²) in [5.74, 6) is 0.991. The number of benzene rings is 1. The molecule has 0 fully saturated rings. The molecule has 0 N–H and O–H groups in total. The molecule has 0 saturated heterocycles. The van der Waals surface area contributed by atoms with Crippen molar-refractivity contribution in [3.63, 3.8) is 0 Å². The SMILES string of the molecule is C1=Cc2ccccc2OC1.[C]F. The third kappa shape index (κ3) is 1.84. The van der Waals surface area contributed by atoms with Crippen molar-refractivity contribution in [2.24, 2.45) is 0 Å². The van der Waals surface area contributed by atoms with E-state index < -0.39 is 0 Å². The fourth-order valence-corrected chi connectivity index (χ4v) is 1.06. The van der Waals surface area contributed by atoms with E-state index in [4.69, 9.17) is 9.13 Å². The smallest absolute Gasteiger partial charge is 0.232 e. The molecule has 0 atom stereocenters. The zero-order chi connectivity index (χ0) is 8.81. The first-order valence-corrected chi connectivity index (χ1v) is 3.54. The predicted octanol–water partition coefficient (Wildman–Crippen LogP) is 2.59. The predicted molar refractivity (Wildman–Crippen MR) is 45.3 cm³/mol. The highest BCUT2D eigenvalue weighted by Crippen LogP contribution is 2.21. The highest BCUT2D eigenvalue weighted by atomic mass is 19.1. The molecule has 1 heterocycles. The highest BCUT2D eigenvalue weighted by Gasteiger charge is 2.01. The van der Waals surface area contributed by atoms with E-state index in [0.717, 1.165) is 5.75 Å². The lowest BCUT2D eigenvalue weighted by molar-refractivity contribution is 0.358. The van der Waals surface area contributed by atoms with Crippen LogP contribution in [0, 0.1) is 7.18 Å². The van der Waals surface area contributed by atoms with E-state index in [1.807, 2.05) is 30.3 Å². The van der Waals surface area contributed by atoms with Gasteiger partial charge in [-0.15, -0.1) is 0 Å². The van der Waals surface area contributed by atoms with E-state index in [0.29, 0.717) is 6.61 Å². The summed E-state index contributed by atoms with van der Waals surface area (Å²) in [6, 6.07) is 8.03. The van der Waals surface area contributed by atoms with Crippen molar-refractivity contribution in [3.05, 3.63) is 43.1 Å². The zero-order valence-corrected chi connectivity index (χ0v) is 6.46. The molecule has 1 aliphatic heterocycles. The molecular weight excluding hydrogens is 155 g/mol. The van der Waals surface area contributed by atoms with Gasteiger partial charge in [0, 0.05) is 5.56 Å². The Morgan fingerprint density at radius 1 is 1.25 bits per heavy atom. The van der Waals surface area contributed by atoms with Gasteiger partial charge in [0.15, 0.2) is 0 Å². The highest BCUT2D eigenvalue weighted by molar-refractivity contribution is 5.58. The first-order valence-electron chi connectivity index (χ1n) is 3.54. The fourth-order valence-electron chi connectivity index (χ4n) is 1.06. The lowest BCUT2D eigenvalue weighted by Gasteiger charge is -2.10. The standard InChI is InChI=1S/C9H8O.CF/c1-2-6-9-8(4-1)5-3-7-10-9;1-2/h1-6H,7H2;. The second-order valence-electron chi connectivity index (χ2n) is 2.25. The summed E-state index contributed by atoms with van der Waals surface area (Å²) in [6.45, 7) is 0.705. The topological polar surface area (TPSA) is 9.23 Å². The largest absolute Gasteiger partial charge is 0.489 e. The van der Waals surface area contributed by atoms with Gasteiger partial charge in [-0.3, -0.25) is 0 Å². The Labute approximate surface area is 71.5 Å². The summed E-state index contributed by atoms with van der Waals surface area (Å²) < 4.78 is 14.1. The minimum absolute atomic E-state index is 0.705. The van der Waals surface area contributed by atoms with E-state index in [-0.39, 0.29) is 0 Å². The van der Waals surface area contributed by atoms with Gasteiger partial charge in [0.05, 0.1) is 0 Å². The Morgan fingerprint density at radius 2 is 2.00 bits per heavy atom. The number of halogens is 1. The Balaban J connectivity index is 0.000000336. The molecule has 1 aromatic carbocycles. The molecule has 0 spiro atoms. The minimum atomic E-state index is 0.705. The molecule has 0 amide bonds. The average molecular weight is 163 g/mol. The van der Waals surface area contributed by atoms with Crippen molar-refractivity contribution in [2.75, 3.05) is 6.61 Å². The van der Waals surface area contributed by atoms with Crippen LogP contribution in [0.5, 0.6) is 5.75 Å². The molecule has 0 bridgehead atoms. The molecule has 0 unspecified atom stereocenters. The maximum Gasteiger partial charge on any atom is 0.232 e. The molecule has 0 aliphatic carbocycles. The summed E-state index contributed by atoms with van der Waals surface area (Å²) in [5.41, 5.74) is 1.17. The Bertz CT molecular complexity index is 268. The van der Waals surface area contributed by atoms with Gasteiger partial charge in [0.25, 0.3) is 0 Å². The van der Waals surface area contributed by atoms with Crippen molar-refractivity contribution in [1.82, 2.24) is 0 Å². The third-order valence-electron chi connectivity index (χ3n) is 1.55. The monoisotopic (exact) mass is 163 g/mol. The molecule has 3 radical (unpaired) electrons. The molecule has 0 saturated carbocycles. The number of fused-ring (bicyclic) bond motifs is 1. The van der Waals surface area contributed by atoms with Crippen LogP contribution in [0.1, 0.15) is 5.56 Å². The van der Waals surface area contributed by atoms with Crippen molar-refractivity contribution < 1.29 is 9.13 Å². The second kappa shape index (κ2) is 4.54. The third-order valence-corrected chi connectivity index (χ3v) is 1.55. The van der Waals surface area contributed by atoms with Crippen LogP contribution in [0.15, 0.2) is 30.3 Å². The van der Waals surface area contributed by atoms with Crippen LogP contribution in [0.3, 0.4) is 0 Å². The van der Waals surface area contributed by atoms with E-state index in [1.165, 1.54) is 5.56 Å². The normalized spacial score (nSPS) is 12.2. The van der Waals surface area contributed by atoms with Crippen molar-refractivity contribution >= 4 is 6.08 Å². The van der Waals surface area contributed by atoms with E-state index in [2.05, 4.69) is 13.3 Å². The summed E-state index contributed by atoms with van der Waals surface area (Å²) in [4.78, 5) is 0. The molecule has 61 valence electrons. The number of ether oxygens (including phenoxy) is 1. The van der Waals surface area contributed by atoms with Crippen molar-refractivity contribution in [3.8, 4) is 5.75 Å². The Morgan fingerprint density at radius 3 is 2.75 bits per heavy atom. The van der Waals surface area contributed by atoms with Gasteiger partial charge >= 0.3 is 0 Å². The van der Waals surface area contributed by atoms with Crippen LogP contribution in [-0.4, -0.2) is 6.61 Å². The molecule has 0 aromatic heterocycles. The summed E-state index contributed by atoms with van der Waals surface area (Å²) in [5, 5.41) is 0. The first kappa shape index (κ1) is 8.78. The van der Waals surface area contributed by atoms with Crippen LogP contribution < -0.4 is 4.74 Å². The van der Waals surface area contributed by atoms with E-state index in [1.54, 1.807) is 0 Å². The summed E-state index contributed by atoms with van der Waals surface area (Å²) >= 11 is 0. The molecule has 12 heavy (non-hydrogen) atoms. The van der Waals surface area contributed by atoms with Gasteiger partial charge in [-0.2, -0.15) is 0 Å². The van der Waals surface area contributed by atoms with Gasteiger partial charge in [-0.05, 0) is 12.1 Å². The van der Waals surface area contributed by atoms with Crippen LogP contribution in [0.2, 0.25) is 0 Å². The minimum Gasteiger partial charge on any atom is -0.489 e.